The van der Waals surface area contributed by atoms with Crippen LogP contribution in [0.4, 0.5) is 0 Å². The normalized spacial score (nSPS) is 10.1. The largest absolute Gasteiger partial charge is 0.488 e. The van der Waals surface area contributed by atoms with Crippen LogP contribution in [0.5, 0.6) is 11.5 Å². The molecule has 1 N–H and O–H groups in total. The summed E-state index contributed by atoms with van der Waals surface area (Å²) < 4.78 is 11.4. The number of hydrogen-bond acceptors (Lipinski definition) is 5. The Labute approximate surface area is 125 Å². The fraction of sp³-hybridized carbons (Fsp3) is 0.231. The summed E-state index contributed by atoms with van der Waals surface area (Å²) in [5.41, 5.74) is 0. The standard InChI is InChI=1S/C13H13ClN2O3S/c1-15-12(17)8-19-10-4-2-9(3-5-10)18-7-11-6-16-13(14)20-11/h2-6H,7-8H2,1H3,(H,15,17). The van der Waals surface area contributed by atoms with Crippen molar-refractivity contribution in [2.24, 2.45) is 0 Å². The zero-order valence-corrected chi connectivity index (χ0v) is 12.3. The highest BCUT2D eigenvalue weighted by molar-refractivity contribution is 7.15. The van der Waals surface area contributed by atoms with E-state index in [1.54, 1.807) is 37.5 Å². The van der Waals surface area contributed by atoms with Gasteiger partial charge in [0.1, 0.15) is 18.1 Å². The summed E-state index contributed by atoms with van der Waals surface area (Å²) in [6.45, 7) is 0.416. The van der Waals surface area contributed by atoms with Gasteiger partial charge in [-0.2, -0.15) is 0 Å². The van der Waals surface area contributed by atoms with Crippen molar-refractivity contribution in [1.82, 2.24) is 10.3 Å². The first-order valence-electron chi connectivity index (χ1n) is 5.84. The van der Waals surface area contributed by atoms with Crippen LogP contribution in [0.1, 0.15) is 4.88 Å². The Morgan fingerprint density at radius 2 is 1.95 bits per heavy atom. The Balaban J connectivity index is 1.83. The molecule has 0 radical (unpaired) electrons. The Kier molecular flexibility index (Phi) is 5.20. The van der Waals surface area contributed by atoms with E-state index in [0.717, 1.165) is 4.88 Å². The zero-order valence-electron chi connectivity index (χ0n) is 10.8. The quantitative estimate of drug-likeness (QED) is 0.890. The van der Waals surface area contributed by atoms with Crippen LogP contribution in [-0.2, 0) is 11.4 Å². The SMILES string of the molecule is CNC(=O)COc1ccc(OCc2cnc(Cl)s2)cc1. The first-order chi connectivity index (χ1) is 9.67. The van der Waals surface area contributed by atoms with Crippen LogP contribution in [0.2, 0.25) is 4.47 Å². The number of nitrogens with zero attached hydrogens (tertiary/aromatic N) is 1. The van der Waals surface area contributed by atoms with Crippen molar-refractivity contribution in [2.45, 2.75) is 6.61 Å². The third-order valence-electron chi connectivity index (χ3n) is 2.38. The Morgan fingerprint density at radius 1 is 1.30 bits per heavy atom. The highest BCUT2D eigenvalue weighted by Gasteiger charge is 2.02. The average molecular weight is 313 g/mol. The average Bonchev–Trinajstić information content (AvgIpc) is 2.89. The number of carbonyl (C=O) groups excluding carboxylic acids is 1. The summed E-state index contributed by atoms with van der Waals surface area (Å²) in [5, 5.41) is 2.48. The molecule has 7 heteroatoms. The zero-order chi connectivity index (χ0) is 14.4. The van der Waals surface area contributed by atoms with Crippen molar-refractivity contribution in [2.75, 3.05) is 13.7 Å². The number of hydrogen-bond donors (Lipinski definition) is 1. The third kappa shape index (κ3) is 4.40. The van der Waals surface area contributed by atoms with E-state index in [4.69, 9.17) is 21.1 Å². The fourth-order valence-electron chi connectivity index (χ4n) is 1.36. The molecule has 0 atom stereocenters. The lowest BCUT2D eigenvalue weighted by Gasteiger charge is -2.07. The predicted molar refractivity (Wildman–Crippen MR) is 77.5 cm³/mol. The monoisotopic (exact) mass is 312 g/mol. The fourth-order valence-corrected chi connectivity index (χ4v) is 2.25. The number of thiazole rings is 1. The number of ether oxygens (including phenoxy) is 2. The number of nitrogens with one attached hydrogen (secondary N) is 1. The highest BCUT2D eigenvalue weighted by atomic mass is 35.5. The van der Waals surface area contributed by atoms with Crippen molar-refractivity contribution in [1.29, 1.82) is 0 Å². The van der Waals surface area contributed by atoms with Gasteiger partial charge in [-0.25, -0.2) is 4.98 Å². The second-order valence-electron chi connectivity index (χ2n) is 3.80. The number of likely N-dealkylation sites (N-methyl/N-ethyl adjacent to an activating group) is 1. The van der Waals surface area contributed by atoms with E-state index in [0.29, 0.717) is 22.6 Å². The maximum Gasteiger partial charge on any atom is 0.257 e. The molecular formula is C13H13ClN2O3S. The summed E-state index contributed by atoms with van der Waals surface area (Å²) in [4.78, 5) is 15.9. The summed E-state index contributed by atoms with van der Waals surface area (Å²) in [6, 6.07) is 7.06. The topological polar surface area (TPSA) is 60.5 Å². The maximum atomic E-state index is 11.0. The number of benzene rings is 1. The third-order valence-corrected chi connectivity index (χ3v) is 3.47. The summed E-state index contributed by atoms with van der Waals surface area (Å²) in [5.74, 6) is 1.15. The van der Waals surface area contributed by atoms with E-state index < -0.39 is 0 Å². The number of aromatic nitrogens is 1. The molecule has 0 spiro atoms. The molecule has 2 rings (SSSR count). The minimum atomic E-state index is -0.174. The van der Waals surface area contributed by atoms with E-state index in [-0.39, 0.29) is 12.5 Å². The molecule has 0 bridgehead atoms. The molecule has 0 aliphatic rings. The molecule has 106 valence electrons. The molecule has 1 aromatic carbocycles. The number of halogens is 1. The van der Waals surface area contributed by atoms with Crippen LogP contribution in [0.3, 0.4) is 0 Å². The second kappa shape index (κ2) is 7.12. The van der Waals surface area contributed by atoms with Gasteiger partial charge in [-0.15, -0.1) is 11.3 Å². The number of carbonyl (C=O) groups is 1. The van der Waals surface area contributed by atoms with Crippen molar-refractivity contribution >= 4 is 28.8 Å². The van der Waals surface area contributed by atoms with Gasteiger partial charge in [0.25, 0.3) is 5.91 Å². The molecule has 2 aromatic rings. The number of amides is 1. The molecule has 0 aliphatic heterocycles. The molecule has 1 aromatic heterocycles. The van der Waals surface area contributed by atoms with Crippen LogP contribution >= 0.6 is 22.9 Å². The summed E-state index contributed by atoms with van der Waals surface area (Å²) in [7, 11) is 1.56. The lowest BCUT2D eigenvalue weighted by Crippen LogP contribution is -2.24. The van der Waals surface area contributed by atoms with Crippen molar-refractivity contribution < 1.29 is 14.3 Å². The van der Waals surface area contributed by atoms with Crippen LogP contribution < -0.4 is 14.8 Å². The van der Waals surface area contributed by atoms with E-state index in [9.17, 15) is 4.79 Å². The van der Waals surface area contributed by atoms with Gasteiger partial charge in [0, 0.05) is 13.2 Å². The maximum absolute atomic E-state index is 11.0. The molecule has 0 saturated carbocycles. The Morgan fingerprint density at radius 3 is 2.50 bits per heavy atom. The highest BCUT2D eigenvalue weighted by Crippen LogP contribution is 2.21. The lowest BCUT2D eigenvalue weighted by atomic mass is 10.3. The van der Waals surface area contributed by atoms with E-state index in [1.165, 1.54) is 11.3 Å². The van der Waals surface area contributed by atoms with Crippen LogP contribution in [-0.4, -0.2) is 24.5 Å². The van der Waals surface area contributed by atoms with E-state index in [2.05, 4.69) is 10.3 Å². The van der Waals surface area contributed by atoms with Crippen LogP contribution in [0, 0.1) is 0 Å². The van der Waals surface area contributed by atoms with Crippen LogP contribution in [0.15, 0.2) is 30.5 Å². The van der Waals surface area contributed by atoms with Crippen molar-refractivity contribution in [3.05, 3.63) is 39.8 Å². The molecule has 0 saturated heterocycles. The molecule has 0 aliphatic carbocycles. The molecule has 0 fully saturated rings. The number of rotatable bonds is 6. The minimum absolute atomic E-state index is 0.00390. The molecular weight excluding hydrogens is 300 g/mol. The Bertz CT molecular complexity index is 571. The van der Waals surface area contributed by atoms with Gasteiger partial charge in [-0.1, -0.05) is 11.6 Å². The molecule has 5 nitrogen and oxygen atoms in total. The van der Waals surface area contributed by atoms with Crippen molar-refractivity contribution in [3.8, 4) is 11.5 Å². The van der Waals surface area contributed by atoms with Gasteiger partial charge in [0.2, 0.25) is 0 Å². The Hall–Kier alpha value is -1.79. The van der Waals surface area contributed by atoms with E-state index >= 15 is 0 Å². The van der Waals surface area contributed by atoms with Gasteiger partial charge in [0.05, 0.1) is 4.88 Å². The van der Waals surface area contributed by atoms with Crippen LogP contribution in [0.25, 0.3) is 0 Å². The first kappa shape index (κ1) is 14.6. The molecule has 0 unspecified atom stereocenters. The lowest BCUT2D eigenvalue weighted by molar-refractivity contribution is -0.122. The summed E-state index contributed by atoms with van der Waals surface area (Å²) >= 11 is 7.12. The molecule has 1 heterocycles. The van der Waals surface area contributed by atoms with Gasteiger partial charge >= 0.3 is 0 Å². The second-order valence-corrected chi connectivity index (χ2v) is 5.50. The molecule has 20 heavy (non-hydrogen) atoms. The van der Waals surface area contributed by atoms with Gasteiger partial charge in [0.15, 0.2) is 11.1 Å². The van der Waals surface area contributed by atoms with Gasteiger partial charge < -0.3 is 14.8 Å². The first-order valence-corrected chi connectivity index (χ1v) is 7.03. The molecule has 1 amide bonds. The van der Waals surface area contributed by atoms with E-state index in [1.807, 2.05) is 0 Å². The van der Waals surface area contributed by atoms with Gasteiger partial charge in [-0.05, 0) is 24.3 Å². The smallest absolute Gasteiger partial charge is 0.257 e. The van der Waals surface area contributed by atoms with Crippen molar-refractivity contribution in [3.63, 3.8) is 0 Å². The minimum Gasteiger partial charge on any atom is -0.488 e. The summed E-state index contributed by atoms with van der Waals surface area (Å²) in [6.07, 6.45) is 1.69. The predicted octanol–water partition coefficient (Wildman–Crippen LogP) is 2.50. The van der Waals surface area contributed by atoms with Gasteiger partial charge in [-0.3, -0.25) is 4.79 Å².